The fraction of sp³-hybridized carbons (Fsp3) is 0.652. The minimum atomic E-state index is -3.58. The second kappa shape index (κ2) is 10.0. The van der Waals surface area contributed by atoms with Gasteiger partial charge in [0.05, 0.1) is 25.2 Å². The van der Waals surface area contributed by atoms with Crippen molar-refractivity contribution in [3.63, 3.8) is 0 Å². The van der Waals surface area contributed by atoms with E-state index >= 15 is 0 Å². The molecule has 0 bridgehead atoms. The second-order valence-electron chi connectivity index (χ2n) is 8.10. The van der Waals surface area contributed by atoms with Crippen LogP contribution in [0.25, 0.3) is 0 Å². The Morgan fingerprint density at radius 1 is 1.03 bits per heavy atom. The van der Waals surface area contributed by atoms with Crippen molar-refractivity contribution in [2.24, 2.45) is 11.8 Å². The van der Waals surface area contributed by atoms with Crippen LogP contribution in [0.15, 0.2) is 23.8 Å². The predicted octanol–water partition coefficient (Wildman–Crippen LogP) is 6.66. The van der Waals surface area contributed by atoms with Crippen LogP contribution in [0.1, 0.15) is 58.8 Å². The summed E-state index contributed by atoms with van der Waals surface area (Å²) in [6.45, 7) is 4.51. The fourth-order valence-corrected chi connectivity index (χ4v) is 4.36. The van der Waals surface area contributed by atoms with Crippen LogP contribution in [0.2, 0.25) is 0 Å². The van der Waals surface area contributed by atoms with Crippen LogP contribution < -0.4 is 9.47 Å². The zero-order chi connectivity index (χ0) is 21.7. The first kappa shape index (κ1) is 22.9. The second-order valence-corrected chi connectivity index (χ2v) is 8.10. The SMILES string of the molecule is CCCC1=CCC(C2CCC(C(F)(F)Oc3ccc(OCC)c(F)c3F)CC2)OC1. The lowest BCUT2D eigenvalue weighted by Gasteiger charge is -2.37. The zero-order valence-corrected chi connectivity index (χ0v) is 17.6. The molecular formula is C23H30F4O3. The minimum absolute atomic E-state index is 0.0683. The van der Waals surface area contributed by atoms with E-state index in [1.54, 1.807) is 6.92 Å². The van der Waals surface area contributed by atoms with Gasteiger partial charge in [0.2, 0.25) is 11.6 Å². The van der Waals surface area contributed by atoms with Gasteiger partial charge in [-0.1, -0.05) is 19.4 Å². The van der Waals surface area contributed by atoms with E-state index in [1.165, 1.54) is 5.57 Å². The number of benzene rings is 1. The third kappa shape index (κ3) is 5.29. The molecule has 0 N–H and O–H groups in total. The molecule has 1 aromatic carbocycles. The molecule has 1 fully saturated rings. The van der Waals surface area contributed by atoms with Crippen molar-refractivity contribution in [2.45, 2.75) is 71.0 Å². The van der Waals surface area contributed by atoms with Crippen LogP contribution >= 0.6 is 0 Å². The first-order chi connectivity index (χ1) is 14.4. The smallest absolute Gasteiger partial charge is 0.400 e. The molecule has 3 nitrogen and oxygen atoms in total. The molecule has 1 saturated carbocycles. The molecule has 1 unspecified atom stereocenters. The van der Waals surface area contributed by atoms with E-state index in [0.29, 0.717) is 19.4 Å². The molecule has 2 aliphatic rings. The van der Waals surface area contributed by atoms with Gasteiger partial charge in [-0.3, -0.25) is 0 Å². The standard InChI is InChI=1S/C23H30F4O3/c1-3-5-15-6-11-18(29-14-15)16-7-9-17(10-8-16)23(26,27)30-20-13-12-19(28-4-2)21(24)22(20)25/h6,12-13,16-18H,3-5,7-11,14H2,1-2H3. The lowest BCUT2D eigenvalue weighted by atomic mass is 9.77. The Hall–Kier alpha value is -1.76. The largest absolute Gasteiger partial charge is 0.491 e. The van der Waals surface area contributed by atoms with Gasteiger partial charge in [0.15, 0.2) is 11.5 Å². The van der Waals surface area contributed by atoms with Crippen LogP contribution in [0.4, 0.5) is 17.6 Å². The Morgan fingerprint density at radius 3 is 2.30 bits per heavy atom. The summed E-state index contributed by atoms with van der Waals surface area (Å²) in [4.78, 5) is 0. The molecule has 0 amide bonds. The molecule has 30 heavy (non-hydrogen) atoms. The van der Waals surface area contributed by atoms with Crippen molar-refractivity contribution in [3.8, 4) is 11.5 Å². The van der Waals surface area contributed by atoms with Crippen LogP contribution in [0.5, 0.6) is 11.5 Å². The maximum absolute atomic E-state index is 14.7. The highest BCUT2D eigenvalue weighted by Gasteiger charge is 2.45. The van der Waals surface area contributed by atoms with Crippen molar-refractivity contribution >= 4 is 0 Å². The van der Waals surface area contributed by atoms with Crippen molar-refractivity contribution < 1.29 is 31.8 Å². The normalized spacial score (nSPS) is 25.0. The summed E-state index contributed by atoms with van der Waals surface area (Å²) in [5.74, 6) is -4.71. The summed E-state index contributed by atoms with van der Waals surface area (Å²) >= 11 is 0. The van der Waals surface area contributed by atoms with Gasteiger partial charge in [-0.05, 0) is 69.1 Å². The molecule has 1 atom stereocenters. The highest BCUT2D eigenvalue weighted by molar-refractivity contribution is 5.35. The molecule has 1 aliphatic heterocycles. The van der Waals surface area contributed by atoms with Crippen LogP contribution in [0, 0.1) is 23.5 Å². The van der Waals surface area contributed by atoms with E-state index in [9.17, 15) is 17.6 Å². The van der Waals surface area contributed by atoms with Crippen molar-refractivity contribution in [2.75, 3.05) is 13.2 Å². The van der Waals surface area contributed by atoms with Crippen molar-refractivity contribution in [1.29, 1.82) is 0 Å². The number of halogens is 4. The zero-order valence-electron chi connectivity index (χ0n) is 17.6. The van der Waals surface area contributed by atoms with Gasteiger partial charge in [0.1, 0.15) is 0 Å². The monoisotopic (exact) mass is 430 g/mol. The molecule has 3 rings (SSSR count). The Kier molecular flexibility index (Phi) is 7.66. The molecule has 0 spiro atoms. The first-order valence-corrected chi connectivity index (χ1v) is 10.8. The van der Waals surface area contributed by atoms with Crippen LogP contribution in [-0.4, -0.2) is 25.4 Å². The highest BCUT2D eigenvalue weighted by atomic mass is 19.3. The molecule has 7 heteroatoms. The van der Waals surface area contributed by atoms with E-state index in [2.05, 4.69) is 17.7 Å². The number of rotatable bonds is 8. The Bertz CT molecular complexity index is 742. The fourth-order valence-electron chi connectivity index (χ4n) is 4.36. The number of alkyl halides is 2. The van der Waals surface area contributed by atoms with Crippen molar-refractivity contribution in [1.82, 2.24) is 0 Å². The summed E-state index contributed by atoms with van der Waals surface area (Å²) in [6.07, 6.45) is 3.38. The van der Waals surface area contributed by atoms with E-state index in [1.807, 2.05) is 0 Å². The molecule has 1 aliphatic carbocycles. The third-order valence-electron chi connectivity index (χ3n) is 6.02. The maximum atomic E-state index is 14.7. The van der Waals surface area contributed by atoms with E-state index in [0.717, 1.165) is 31.4 Å². The van der Waals surface area contributed by atoms with Crippen LogP contribution in [0.3, 0.4) is 0 Å². The average molecular weight is 430 g/mol. The third-order valence-corrected chi connectivity index (χ3v) is 6.02. The van der Waals surface area contributed by atoms with Gasteiger partial charge in [0, 0.05) is 0 Å². The van der Waals surface area contributed by atoms with Gasteiger partial charge in [-0.15, -0.1) is 0 Å². The molecule has 0 saturated heterocycles. The quantitative estimate of drug-likeness (QED) is 0.341. The Labute approximate surface area is 175 Å². The molecular weight excluding hydrogens is 400 g/mol. The summed E-state index contributed by atoms with van der Waals surface area (Å²) in [5, 5.41) is 0. The van der Waals surface area contributed by atoms with Gasteiger partial charge in [0.25, 0.3) is 0 Å². The van der Waals surface area contributed by atoms with Crippen LogP contribution in [-0.2, 0) is 4.74 Å². The van der Waals surface area contributed by atoms with Gasteiger partial charge in [-0.25, -0.2) is 0 Å². The highest BCUT2D eigenvalue weighted by Crippen LogP contribution is 2.43. The molecule has 0 aromatic heterocycles. The van der Waals surface area contributed by atoms with E-state index in [-0.39, 0.29) is 37.2 Å². The van der Waals surface area contributed by atoms with Gasteiger partial charge >= 0.3 is 6.11 Å². The summed E-state index contributed by atoms with van der Waals surface area (Å²) < 4.78 is 73.0. The first-order valence-electron chi connectivity index (χ1n) is 10.8. The Morgan fingerprint density at radius 2 is 1.70 bits per heavy atom. The molecule has 168 valence electrons. The summed E-state index contributed by atoms with van der Waals surface area (Å²) in [5.41, 5.74) is 1.31. The summed E-state index contributed by atoms with van der Waals surface area (Å²) in [7, 11) is 0. The minimum Gasteiger partial charge on any atom is -0.491 e. The number of ether oxygens (including phenoxy) is 3. The Balaban J connectivity index is 1.57. The van der Waals surface area contributed by atoms with Gasteiger partial charge in [-0.2, -0.15) is 17.6 Å². The molecule has 1 aromatic rings. The van der Waals surface area contributed by atoms with E-state index in [4.69, 9.17) is 9.47 Å². The molecule has 0 radical (unpaired) electrons. The molecule has 1 heterocycles. The van der Waals surface area contributed by atoms with Gasteiger partial charge < -0.3 is 14.2 Å². The number of hydrogen-bond acceptors (Lipinski definition) is 3. The van der Waals surface area contributed by atoms with E-state index < -0.39 is 29.4 Å². The topological polar surface area (TPSA) is 27.7 Å². The summed E-state index contributed by atoms with van der Waals surface area (Å²) in [6, 6.07) is 2.09. The maximum Gasteiger partial charge on any atom is 0.400 e. The lowest BCUT2D eigenvalue weighted by molar-refractivity contribution is -0.226. The predicted molar refractivity (Wildman–Crippen MR) is 106 cm³/mol. The lowest BCUT2D eigenvalue weighted by Crippen LogP contribution is -2.39. The average Bonchev–Trinajstić information content (AvgIpc) is 2.74. The number of hydrogen-bond donors (Lipinski definition) is 0. The van der Waals surface area contributed by atoms with Crippen molar-refractivity contribution in [3.05, 3.63) is 35.4 Å².